The number of phenolic OH excluding ortho intramolecular Hbond substituents is 1. The summed E-state index contributed by atoms with van der Waals surface area (Å²) in [6, 6.07) is 11.9. The van der Waals surface area contributed by atoms with Crippen molar-refractivity contribution in [2.45, 2.75) is 25.3 Å². The van der Waals surface area contributed by atoms with Crippen LogP contribution in [0.25, 0.3) is 0 Å². The van der Waals surface area contributed by atoms with E-state index in [-0.39, 0.29) is 6.04 Å². The number of phenols is 1. The standard InChI is InChI=1S/C17H18BrNO2/c1-21-17-8-5-12(18)10-16(17)19-15-4-2-3-11-9-13(20)6-7-14(11)15/h5-10,15,19-20H,2-4H2,1H3. The number of halogens is 1. The molecule has 0 saturated heterocycles. The summed E-state index contributed by atoms with van der Waals surface area (Å²) in [5.41, 5.74) is 3.48. The molecule has 3 nitrogen and oxygen atoms in total. The van der Waals surface area contributed by atoms with E-state index in [1.54, 1.807) is 13.2 Å². The molecular formula is C17H18BrNO2. The average molecular weight is 348 g/mol. The zero-order chi connectivity index (χ0) is 14.8. The molecule has 1 aliphatic carbocycles. The third-order valence-corrected chi connectivity index (χ3v) is 4.43. The number of aryl methyl sites for hydroxylation is 1. The van der Waals surface area contributed by atoms with Crippen LogP contribution in [0.15, 0.2) is 40.9 Å². The number of nitrogens with one attached hydrogen (secondary N) is 1. The summed E-state index contributed by atoms with van der Waals surface area (Å²) in [5.74, 6) is 1.18. The third-order valence-electron chi connectivity index (χ3n) is 3.93. The third kappa shape index (κ3) is 3.00. The second-order valence-electron chi connectivity index (χ2n) is 5.32. The van der Waals surface area contributed by atoms with Gasteiger partial charge in [0.25, 0.3) is 0 Å². The van der Waals surface area contributed by atoms with Crippen LogP contribution in [0.3, 0.4) is 0 Å². The van der Waals surface area contributed by atoms with Crippen molar-refractivity contribution in [3.8, 4) is 11.5 Å². The summed E-state index contributed by atoms with van der Waals surface area (Å²) < 4.78 is 6.45. The number of hydrogen-bond acceptors (Lipinski definition) is 3. The minimum atomic E-state index is 0.248. The Morgan fingerprint density at radius 1 is 1.24 bits per heavy atom. The zero-order valence-corrected chi connectivity index (χ0v) is 13.5. The van der Waals surface area contributed by atoms with Crippen LogP contribution in [-0.4, -0.2) is 12.2 Å². The minimum Gasteiger partial charge on any atom is -0.508 e. The van der Waals surface area contributed by atoms with Gasteiger partial charge in [-0.3, -0.25) is 0 Å². The van der Waals surface area contributed by atoms with Crippen molar-refractivity contribution >= 4 is 21.6 Å². The summed E-state index contributed by atoms with van der Waals surface area (Å²) in [6.45, 7) is 0. The summed E-state index contributed by atoms with van der Waals surface area (Å²) in [7, 11) is 1.68. The molecule has 1 aliphatic rings. The first-order valence-electron chi connectivity index (χ1n) is 7.09. The molecule has 0 aliphatic heterocycles. The van der Waals surface area contributed by atoms with Crippen LogP contribution in [0.5, 0.6) is 11.5 Å². The maximum Gasteiger partial charge on any atom is 0.142 e. The van der Waals surface area contributed by atoms with Crippen molar-refractivity contribution in [2.24, 2.45) is 0 Å². The molecular weight excluding hydrogens is 330 g/mol. The number of anilines is 1. The molecule has 21 heavy (non-hydrogen) atoms. The smallest absolute Gasteiger partial charge is 0.142 e. The second kappa shape index (κ2) is 5.98. The van der Waals surface area contributed by atoms with Crippen molar-refractivity contribution in [3.63, 3.8) is 0 Å². The summed E-state index contributed by atoms with van der Waals surface area (Å²) in [5, 5.41) is 13.2. The van der Waals surface area contributed by atoms with Crippen molar-refractivity contribution in [3.05, 3.63) is 52.0 Å². The number of ether oxygens (including phenoxy) is 1. The van der Waals surface area contributed by atoms with Crippen molar-refractivity contribution in [1.29, 1.82) is 0 Å². The van der Waals surface area contributed by atoms with Gasteiger partial charge in [-0.25, -0.2) is 0 Å². The molecule has 0 radical (unpaired) electrons. The molecule has 1 unspecified atom stereocenters. The Morgan fingerprint density at radius 3 is 2.90 bits per heavy atom. The van der Waals surface area contributed by atoms with E-state index >= 15 is 0 Å². The van der Waals surface area contributed by atoms with E-state index < -0.39 is 0 Å². The van der Waals surface area contributed by atoms with Gasteiger partial charge in [-0.05, 0) is 60.7 Å². The van der Waals surface area contributed by atoms with Gasteiger partial charge in [0.15, 0.2) is 0 Å². The van der Waals surface area contributed by atoms with Gasteiger partial charge in [-0.2, -0.15) is 0 Å². The van der Waals surface area contributed by atoms with Gasteiger partial charge >= 0.3 is 0 Å². The number of fused-ring (bicyclic) bond motifs is 1. The highest BCUT2D eigenvalue weighted by Gasteiger charge is 2.21. The van der Waals surface area contributed by atoms with Crippen molar-refractivity contribution in [1.82, 2.24) is 0 Å². The topological polar surface area (TPSA) is 41.5 Å². The Labute approximate surface area is 133 Å². The fraction of sp³-hybridized carbons (Fsp3) is 0.294. The quantitative estimate of drug-likeness (QED) is 0.848. The molecule has 0 aromatic heterocycles. The first kappa shape index (κ1) is 14.3. The molecule has 0 fully saturated rings. The van der Waals surface area contributed by atoms with Crippen LogP contribution in [0.4, 0.5) is 5.69 Å². The van der Waals surface area contributed by atoms with Gasteiger partial charge in [-0.1, -0.05) is 22.0 Å². The maximum absolute atomic E-state index is 9.64. The van der Waals surface area contributed by atoms with E-state index in [1.807, 2.05) is 30.3 Å². The van der Waals surface area contributed by atoms with Gasteiger partial charge in [0.2, 0.25) is 0 Å². The highest BCUT2D eigenvalue weighted by Crippen LogP contribution is 2.37. The van der Waals surface area contributed by atoms with E-state index in [1.165, 1.54) is 11.1 Å². The highest BCUT2D eigenvalue weighted by atomic mass is 79.9. The predicted molar refractivity (Wildman–Crippen MR) is 88.1 cm³/mol. The van der Waals surface area contributed by atoms with Crippen LogP contribution in [0.2, 0.25) is 0 Å². The SMILES string of the molecule is COc1ccc(Br)cc1NC1CCCc2cc(O)ccc21. The van der Waals surface area contributed by atoms with Crippen molar-refractivity contribution in [2.75, 3.05) is 12.4 Å². The van der Waals surface area contributed by atoms with Crippen LogP contribution in [0.1, 0.15) is 30.0 Å². The molecule has 2 N–H and O–H groups in total. The molecule has 2 aromatic rings. The first-order valence-corrected chi connectivity index (χ1v) is 7.88. The van der Waals surface area contributed by atoms with Gasteiger partial charge in [0, 0.05) is 4.47 Å². The summed E-state index contributed by atoms with van der Waals surface area (Å²) >= 11 is 3.50. The molecule has 3 rings (SSSR count). The maximum atomic E-state index is 9.64. The van der Waals surface area contributed by atoms with Gasteiger partial charge in [-0.15, -0.1) is 0 Å². The van der Waals surface area contributed by atoms with E-state index in [4.69, 9.17) is 4.74 Å². The largest absolute Gasteiger partial charge is 0.508 e. The predicted octanol–water partition coefficient (Wildman–Crippen LogP) is 4.65. The molecule has 0 amide bonds. The molecule has 0 saturated carbocycles. The van der Waals surface area contributed by atoms with Crippen LogP contribution >= 0.6 is 15.9 Å². The molecule has 2 aromatic carbocycles. The van der Waals surface area contributed by atoms with Gasteiger partial charge in [0.05, 0.1) is 18.8 Å². The average Bonchev–Trinajstić information content (AvgIpc) is 2.47. The number of rotatable bonds is 3. The lowest BCUT2D eigenvalue weighted by Crippen LogP contribution is -2.17. The monoisotopic (exact) mass is 347 g/mol. The molecule has 0 bridgehead atoms. The Balaban J connectivity index is 1.92. The van der Waals surface area contributed by atoms with Gasteiger partial charge < -0.3 is 15.2 Å². The number of aromatic hydroxyl groups is 1. The Hall–Kier alpha value is -1.68. The molecule has 0 heterocycles. The van der Waals surface area contributed by atoms with E-state index in [0.717, 1.165) is 35.2 Å². The van der Waals surface area contributed by atoms with Crippen molar-refractivity contribution < 1.29 is 9.84 Å². The fourth-order valence-corrected chi connectivity index (χ4v) is 3.29. The molecule has 0 spiro atoms. The highest BCUT2D eigenvalue weighted by molar-refractivity contribution is 9.10. The number of benzene rings is 2. The van der Waals surface area contributed by atoms with E-state index in [0.29, 0.717) is 5.75 Å². The Kier molecular flexibility index (Phi) is 4.06. The zero-order valence-electron chi connectivity index (χ0n) is 11.9. The van der Waals surface area contributed by atoms with E-state index in [9.17, 15) is 5.11 Å². The van der Waals surface area contributed by atoms with Crippen LogP contribution < -0.4 is 10.1 Å². The second-order valence-corrected chi connectivity index (χ2v) is 6.23. The summed E-state index contributed by atoms with van der Waals surface area (Å²) in [6.07, 6.45) is 3.22. The minimum absolute atomic E-state index is 0.248. The lowest BCUT2D eigenvalue weighted by molar-refractivity contribution is 0.415. The lowest BCUT2D eigenvalue weighted by atomic mass is 9.87. The van der Waals surface area contributed by atoms with Crippen LogP contribution in [0, 0.1) is 0 Å². The molecule has 110 valence electrons. The van der Waals surface area contributed by atoms with E-state index in [2.05, 4.69) is 21.2 Å². The summed E-state index contributed by atoms with van der Waals surface area (Å²) in [4.78, 5) is 0. The molecule has 1 atom stereocenters. The first-order chi connectivity index (χ1) is 10.2. The number of methoxy groups -OCH3 is 1. The molecule has 4 heteroatoms. The fourth-order valence-electron chi connectivity index (χ4n) is 2.93. The van der Waals surface area contributed by atoms with Crippen LogP contribution in [-0.2, 0) is 6.42 Å². The lowest BCUT2D eigenvalue weighted by Gasteiger charge is -2.28. The Bertz CT molecular complexity index is 657. The Morgan fingerprint density at radius 2 is 2.10 bits per heavy atom. The number of hydrogen-bond donors (Lipinski definition) is 2. The van der Waals surface area contributed by atoms with Gasteiger partial charge in [0.1, 0.15) is 11.5 Å². The normalized spacial score (nSPS) is 17.1.